The SMILES string of the molecule is O=C1N=CC(C(=O)NCCS(=O)(=O)c2ccc(F)cc2)c2ccccc21. The Labute approximate surface area is 149 Å². The highest BCUT2D eigenvalue weighted by Gasteiger charge is 2.27. The molecule has 1 N–H and O–H groups in total. The van der Waals surface area contributed by atoms with E-state index in [1.165, 1.54) is 18.3 Å². The molecular weight excluding hydrogens is 359 g/mol. The molecule has 0 saturated carbocycles. The molecule has 0 radical (unpaired) electrons. The highest BCUT2D eigenvalue weighted by atomic mass is 32.2. The second-order valence-electron chi connectivity index (χ2n) is 5.71. The summed E-state index contributed by atoms with van der Waals surface area (Å²) in [5, 5.41) is 2.55. The number of fused-ring (bicyclic) bond motifs is 1. The fraction of sp³-hybridized carbons (Fsp3) is 0.167. The normalized spacial score (nSPS) is 16.2. The van der Waals surface area contributed by atoms with Crippen LogP contribution in [0, 0.1) is 5.82 Å². The molecule has 134 valence electrons. The molecule has 8 heteroatoms. The molecule has 1 unspecified atom stereocenters. The first-order valence-corrected chi connectivity index (χ1v) is 9.47. The number of rotatable bonds is 5. The van der Waals surface area contributed by atoms with Gasteiger partial charge in [0.1, 0.15) is 5.82 Å². The van der Waals surface area contributed by atoms with Crippen LogP contribution in [0.5, 0.6) is 0 Å². The Morgan fingerprint density at radius 3 is 2.54 bits per heavy atom. The molecule has 2 amide bonds. The summed E-state index contributed by atoms with van der Waals surface area (Å²) in [4.78, 5) is 27.8. The Hall–Kier alpha value is -2.87. The number of hydrogen-bond acceptors (Lipinski definition) is 4. The van der Waals surface area contributed by atoms with Gasteiger partial charge < -0.3 is 5.32 Å². The van der Waals surface area contributed by atoms with Crippen LogP contribution in [0.15, 0.2) is 58.4 Å². The molecule has 0 fully saturated rings. The van der Waals surface area contributed by atoms with Gasteiger partial charge in [0.15, 0.2) is 9.84 Å². The van der Waals surface area contributed by atoms with Crippen LogP contribution in [0.25, 0.3) is 0 Å². The Morgan fingerprint density at radius 1 is 1.12 bits per heavy atom. The molecule has 2 aromatic carbocycles. The summed E-state index contributed by atoms with van der Waals surface area (Å²) in [6.45, 7) is -0.112. The number of aliphatic imine (C=N–C) groups is 1. The molecule has 0 aliphatic carbocycles. The van der Waals surface area contributed by atoms with Crippen molar-refractivity contribution in [2.24, 2.45) is 4.99 Å². The molecule has 0 bridgehead atoms. The maximum absolute atomic E-state index is 12.9. The molecule has 2 aromatic rings. The monoisotopic (exact) mass is 374 g/mol. The summed E-state index contributed by atoms with van der Waals surface area (Å²) < 4.78 is 37.3. The van der Waals surface area contributed by atoms with Crippen LogP contribution in [0.4, 0.5) is 4.39 Å². The molecule has 3 rings (SSSR count). The number of carbonyl (C=O) groups excluding carboxylic acids is 2. The van der Waals surface area contributed by atoms with Crippen molar-refractivity contribution in [2.45, 2.75) is 10.8 Å². The quantitative estimate of drug-likeness (QED) is 0.807. The van der Waals surface area contributed by atoms with Gasteiger partial charge in [-0.3, -0.25) is 9.59 Å². The van der Waals surface area contributed by atoms with Gasteiger partial charge in [-0.15, -0.1) is 0 Å². The van der Waals surface area contributed by atoms with E-state index in [1.807, 2.05) is 0 Å². The van der Waals surface area contributed by atoms with Gasteiger partial charge >= 0.3 is 0 Å². The molecular formula is C18H15FN2O4S. The van der Waals surface area contributed by atoms with E-state index < -0.39 is 33.4 Å². The van der Waals surface area contributed by atoms with Crippen LogP contribution >= 0.6 is 0 Å². The predicted molar refractivity (Wildman–Crippen MR) is 93.5 cm³/mol. The number of halogens is 1. The standard InChI is InChI=1S/C18H15FN2O4S/c19-12-5-7-13(8-6-12)26(24,25)10-9-20-18(23)16-11-21-17(22)15-4-2-1-3-14(15)16/h1-8,11,16H,9-10H2,(H,20,23). The smallest absolute Gasteiger partial charge is 0.276 e. The fourth-order valence-electron chi connectivity index (χ4n) is 2.64. The van der Waals surface area contributed by atoms with Crippen molar-refractivity contribution in [3.63, 3.8) is 0 Å². The Bertz CT molecular complexity index is 985. The first-order chi connectivity index (χ1) is 12.4. The Morgan fingerprint density at radius 2 is 1.81 bits per heavy atom. The van der Waals surface area contributed by atoms with E-state index in [1.54, 1.807) is 24.3 Å². The molecule has 1 atom stereocenters. The average Bonchev–Trinajstić information content (AvgIpc) is 2.62. The van der Waals surface area contributed by atoms with Crippen molar-refractivity contribution < 1.29 is 22.4 Å². The summed E-state index contributed by atoms with van der Waals surface area (Å²) in [6.07, 6.45) is 1.26. The van der Waals surface area contributed by atoms with Gasteiger partial charge in [0.05, 0.1) is 16.6 Å². The zero-order valence-corrected chi connectivity index (χ0v) is 14.4. The van der Waals surface area contributed by atoms with Gasteiger partial charge in [-0.25, -0.2) is 17.8 Å². The second-order valence-corrected chi connectivity index (χ2v) is 7.82. The van der Waals surface area contributed by atoms with Gasteiger partial charge in [0.25, 0.3) is 5.91 Å². The lowest BCUT2D eigenvalue weighted by Crippen LogP contribution is -2.35. The third kappa shape index (κ3) is 3.70. The molecule has 6 nitrogen and oxygen atoms in total. The summed E-state index contributed by atoms with van der Waals surface area (Å²) in [5.74, 6) is -2.46. The van der Waals surface area contributed by atoms with Crippen molar-refractivity contribution in [3.05, 3.63) is 65.5 Å². The number of nitrogens with one attached hydrogen (secondary N) is 1. The van der Waals surface area contributed by atoms with Crippen LogP contribution in [-0.4, -0.2) is 38.7 Å². The number of carbonyl (C=O) groups is 2. The number of amides is 2. The predicted octanol–water partition coefficient (Wildman–Crippen LogP) is 1.72. The van der Waals surface area contributed by atoms with E-state index in [9.17, 15) is 22.4 Å². The maximum atomic E-state index is 12.9. The third-order valence-electron chi connectivity index (χ3n) is 3.99. The van der Waals surface area contributed by atoms with Crippen molar-refractivity contribution in [1.29, 1.82) is 0 Å². The minimum absolute atomic E-state index is 0.0108. The maximum Gasteiger partial charge on any atom is 0.276 e. The Kier molecular flexibility index (Phi) is 4.94. The van der Waals surface area contributed by atoms with Crippen molar-refractivity contribution in [3.8, 4) is 0 Å². The van der Waals surface area contributed by atoms with Crippen LogP contribution in [0.3, 0.4) is 0 Å². The lowest BCUT2D eigenvalue weighted by Gasteiger charge is -2.18. The van der Waals surface area contributed by atoms with E-state index in [0.717, 1.165) is 12.1 Å². The molecule has 1 aliphatic heterocycles. The van der Waals surface area contributed by atoms with Gasteiger partial charge in [-0.2, -0.15) is 0 Å². The van der Waals surface area contributed by atoms with Crippen LogP contribution in [0.1, 0.15) is 21.8 Å². The average molecular weight is 374 g/mol. The highest BCUT2D eigenvalue weighted by molar-refractivity contribution is 7.91. The summed E-state index contributed by atoms with van der Waals surface area (Å²) in [6, 6.07) is 11.2. The largest absolute Gasteiger partial charge is 0.354 e. The number of sulfone groups is 1. The summed E-state index contributed by atoms with van der Waals surface area (Å²) >= 11 is 0. The van der Waals surface area contributed by atoms with E-state index >= 15 is 0 Å². The minimum atomic E-state index is -3.64. The van der Waals surface area contributed by atoms with E-state index in [-0.39, 0.29) is 17.2 Å². The second kappa shape index (κ2) is 7.17. The highest BCUT2D eigenvalue weighted by Crippen LogP contribution is 2.23. The zero-order chi connectivity index (χ0) is 18.7. The van der Waals surface area contributed by atoms with Crippen molar-refractivity contribution in [1.82, 2.24) is 5.32 Å². The first-order valence-electron chi connectivity index (χ1n) is 7.82. The number of hydrogen-bond donors (Lipinski definition) is 1. The van der Waals surface area contributed by atoms with E-state index in [4.69, 9.17) is 0 Å². The molecule has 1 aliphatic rings. The minimum Gasteiger partial charge on any atom is -0.354 e. The van der Waals surface area contributed by atoms with Gasteiger partial charge in [-0.1, -0.05) is 18.2 Å². The van der Waals surface area contributed by atoms with E-state index in [0.29, 0.717) is 11.1 Å². The fourth-order valence-corrected chi connectivity index (χ4v) is 3.80. The lowest BCUT2D eigenvalue weighted by molar-refractivity contribution is -0.120. The molecule has 0 spiro atoms. The first kappa shape index (κ1) is 17.9. The number of benzene rings is 2. The van der Waals surface area contributed by atoms with Crippen molar-refractivity contribution in [2.75, 3.05) is 12.3 Å². The molecule has 0 saturated heterocycles. The van der Waals surface area contributed by atoms with E-state index in [2.05, 4.69) is 10.3 Å². The van der Waals surface area contributed by atoms with Crippen molar-refractivity contribution >= 4 is 27.9 Å². The van der Waals surface area contributed by atoms with Gasteiger partial charge in [0, 0.05) is 18.3 Å². The number of nitrogens with zero attached hydrogens (tertiary/aromatic N) is 1. The van der Waals surface area contributed by atoms with Gasteiger partial charge in [-0.05, 0) is 35.9 Å². The summed E-state index contributed by atoms with van der Waals surface area (Å²) in [7, 11) is -3.64. The Balaban J connectivity index is 1.65. The zero-order valence-electron chi connectivity index (χ0n) is 13.6. The lowest BCUT2D eigenvalue weighted by atomic mass is 9.92. The van der Waals surface area contributed by atoms with Crippen LogP contribution < -0.4 is 5.32 Å². The summed E-state index contributed by atoms with van der Waals surface area (Å²) in [5.41, 5.74) is 0.889. The van der Waals surface area contributed by atoms with Gasteiger partial charge in [0.2, 0.25) is 5.91 Å². The van der Waals surface area contributed by atoms with Crippen LogP contribution in [-0.2, 0) is 14.6 Å². The third-order valence-corrected chi connectivity index (χ3v) is 5.72. The molecule has 26 heavy (non-hydrogen) atoms. The van der Waals surface area contributed by atoms with Crippen LogP contribution in [0.2, 0.25) is 0 Å². The molecule has 0 aromatic heterocycles. The topological polar surface area (TPSA) is 92.7 Å². The molecule has 1 heterocycles.